The predicted molar refractivity (Wildman–Crippen MR) is 71.3 cm³/mol. The average Bonchev–Trinajstić information content (AvgIpc) is 2.77. The fourth-order valence-corrected chi connectivity index (χ4v) is 2.45. The maximum Gasteiger partial charge on any atom is 0.139 e. The lowest BCUT2D eigenvalue weighted by atomic mass is 10.1. The Balaban J connectivity index is 2.21. The van der Waals surface area contributed by atoms with Crippen molar-refractivity contribution in [3.8, 4) is 11.3 Å². The first-order valence-corrected chi connectivity index (χ1v) is 6.60. The molecule has 17 heavy (non-hydrogen) atoms. The van der Waals surface area contributed by atoms with Crippen molar-refractivity contribution in [1.29, 1.82) is 0 Å². The van der Waals surface area contributed by atoms with Gasteiger partial charge in [0.05, 0.1) is 12.1 Å². The van der Waals surface area contributed by atoms with Crippen molar-refractivity contribution in [1.82, 2.24) is 4.98 Å². The number of carbonyl (C=O) groups excluding carboxylic acids is 1. The molecule has 88 valence electrons. The molecule has 1 aromatic carbocycles. The highest BCUT2D eigenvalue weighted by atomic mass is 32.1. The summed E-state index contributed by atoms with van der Waals surface area (Å²) in [5, 5.41) is 2.93. The Bertz CT molecular complexity index is 531. The molecule has 2 aromatic rings. The summed E-state index contributed by atoms with van der Waals surface area (Å²) in [6.45, 7) is 3.95. The number of benzene rings is 1. The van der Waals surface area contributed by atoms with E-state index in [2.05, 4.69) is 24.0 Å². The van der Waals surface area contributed by atoms with E-state index in [1.54, 1.807) is 11.3 Å². The van der Waals surface area contributed by atoms with Gasteiger partial charge in [-0.1, -0.05) is 30.7 Å². The minimum absolute atomic E-state index is 0.246. The van der Waals surface area contributed by atoms with E-state index in [1.807, 2.05) is 24.4 Å². The quantitative estimate of drug-likeness (QED) is 0.823. The van der Waals surface area contributed by atoms with E-state index in [0.717, 1.165) is 16.3 Å². The van der Waals surface area contributed by atoms with Crippen molar-refractivity contribution in [3.63, 3.8) is 0 Å². The van der Waals surface area contributed by atoms with Gasteiger partial charge in [-0.15, -0.1) is 11.3 Å². The summed E-state index contributed by atoms with van der Waals surface area (Å²) in [6.07, 6.45) is 1.05. The van der Waals surface area contributed by atoms with Crippen molar-refractivity contribution >= 4 is 17.1 Å². The van der Waals surface area contributed by atoms with Crippen LogP contribution < -0.4 is 0 Å². The molecule has 1 heterocycles. The molecule has 0 atom stereocenters. The van der Waals surface area contributed by atoms with Crippen molar-refractivity contribution in [2.24, 2.45) is 0 Å². The Morgan fingerprint density at radius 2 is 2.24 bits per heavy atom. The van der Waals surface area contributed by atoms with Crippen LogP contribution in [0.5, 0.6) is 0 Å². The highest BCUT2D eigenvalue weighted by molar-refractivity contribution is 7.10. The normalized spacial score (nSPS) is 10.5. The Morgan fingerprint density at radius 3 is 2.94 bits per heavy atom. The number of hydrogen-bond donors (Lipinski definition) is 0. The predicted octanol–water partition coefficient (Wildman–Crippen LogP) is 3.64. The molecular formula is C14H15NOS. The van der Waals surface area contributed by atoms with Crippen LogP contribution in [0, 0.1) is 6.92 Å². The van der Waals surface area contributed by atoms with Crippen LogP contribution in [0.2, 0.25) is 0 Å². The molecule has 0 amide bonds. The van der Waals surface area contributed by atoms with Crippen LogP contribution in [-0.2, 0) is 11.2 Å². The van der Waals surface area contributed by atoms with Gasteiger partial charge in [-0.05, 0) is 13.0 Å². The van der Waals surface area contributed by atoms with Crippen molar-refractivity contribution in [3.05, 3.63) is 40.2 Å². The van der Waals surface area contributed by atoms with Gasteiger partial charge >= 0.3 is 0 Å². The third kappa shape index (κ3) is 3.01. The topological polar surface area (TPSA) is 30.0 Å². The van der Waals surface area contributed by atoms with Crippen LogP contribution in [0.25, 0.3) is 11.3 Å². The number of Topliss-reactive ketones (excluding diaryl/α,β-unsaturated/α-hetero) is 1. The van der Waals surface area contributed by atoms with E-state index in [4.69, 9.17) is 0 Å². The molecular weight excluding hydrogens is 230 g/mol. The minimum Gasteiger partial charge on any atom is -0.299 e. The first-order valence-electron chi connectivity index (χ1n) is 5.72. The third-order valence-corrected chi connectivity index (χ3v) is 3.46. The van der Waals surface area contributed by atoms with Gasteiger partial charge < -0.3 is 0 Å². The second kappa shape index (κ2) is 5.23. The maximum absolute atomic E-state index is 11.3. The highest BCUT2D eigenvalue weighted by Crippen LogP contribution is 2.23. The van der Waals surface area contributed by atoms with E-state index < -0.39 is 0 Å². The number of hydrogen-bond acceptors (Lipinski definition) is 3. The molecule has 0 bridgehead atoms. The zero-order valence-electron chi connectivity index (χ0n) is 10.1. The molecule has 1 aromatic heterocycles. The fraction of sp³-hybridized carbons (Fsp3) is 0.286. The number of aryl methyl sites for hydroxylation is 1. The van der Waals surface area contributed by atoms with E-state index in [-0.39, 0.29) is 5.78 Å². The first-order chi connectivity index (χ1) is 8.19. The third-order valence-electron chi connectivity index (χ3n) is 2.61. The molecule has 0 saturated carbocycles. The molecule has 0 aliphatic rings. The van der Waals surface area contributed by atoms with Gasteiger partial charge in [0.25, 0.3) is 0 Å². The standard InChI is InChI=1S/C14H15NOS/c1-3-12(16)8-14-15-13(9-17-14)11-6-4-5-10(2)7-11/h4-7,9H,3,8H2,1-2H3. The van der Waals surface area contributed by atoms with Gasteiger partial charge in [0.2, 0.25) is 0 Å². The summed E-state index contributed by atoms with van der Waals surface area (Å²) >= 11 is 1.56. The summed E-state index contributed by atoms with van der Waals surface area (Å²) in [5.41, 5.74) is 3.32. The Kier molecular flexibility index (Phi) is 3.69. The summed E-state index contributed by atoms with van der Waals surface area (Å²) in [4.78, 5) is 15.9. The lowest BCUT2D eigenvalue weighted by Crippen LogP contribution is -1.99. The lowest BCUT2D eigenvalue weighted by molar-refractivity contribution is -0.118. The average molecular weight is 245 g/mol. The van der Waals surface area contributed by atoms with E-state index in [0.29, 0.717) is 12.8 Å². The number of ketones is 1. The van der Waals surface area contributed by atoms with Crippen LogP contribution in [0.1, 0.15) is 23.9 Å². The lowest BCUT2D eigenvalue weighted by Gasteiger charge is -1.97. The summed E-state index contributed by atoms with van der Waals surface area (Å²) in [7, 11) is 0. The van der Waals surface area contributed by atoms with Crippen molar-refractivity contribution in [2.45, 2.75) is 26.7 Å². The van der Waals surface area contributed by atoms with E-state index in [9.17, 15) is 4.79 Å². The van der Waals surface area contributed by atoms with Gasteiger partial charge in [-0.3, -0.25) is 4.79 Å². The van der Waals surface area contributed by atoms with Gasteiger partial charge in [-0.2, -0.15) is 0 Å². The van der Waals surface area contributed by atoms with E-state index in [1.165, 1.54) is 5.56 Å². The number of carbonyl (C=O) groups is 1. The second-order valence-electron chi connectivity index (χ2n) is 4.06. The van der Waals surface area contributed by atoms with Crippen molar-refractivity contribution < 1.29 is 4.79 Å². The van der Waals surface area contributed by atoms with Gasteiger partial charge in [0.15, 0.2) is 0 Å². The SMILES string of the molecule is CCC(=O)Cc1nc(-c2cccc(C)c2)cs1. The van der Waals surface area contributed by atoms with Gasteiger partial charge in [-0.25, -0.2) is 4.98 Å². The largest absolute Gasteiger partial charge is 0.299 e. The molecule has 3 heteroatoms. The molecule has 0 unspecified atom stereocenters. The molecule has 0 N–H and O–H groups in total. The van der Waals surface area contributed by atoms with E-state index >= 15 is 0 Å². The first kappa shape index (κ1) is 12.0. The molecule has 0 aliphatic carbocycles. The summed E-state index contributed by atoms with van der Waals surface area (Å²) in [6, 6.07) is 8.26. The Morgan fingerprint density at radius 1 is 1.41 bits per heavy atom. The monoisotopic (exact) mass is 245 g/mol. The molecule has 0 radical (unpaired) electrons. The Hall–Kier alpha value is -1.48. The molecule has 0 fully saturated rings. The molecule has 0 saturated heterocycles. The zero-order chi connectivity index (χ0) is 12.3. The second-order valence-corrected chi connectivity index (χ2v) is 5.01. The number of aromatic nitrogens is 1. The summed E-state index contributed by atoms with van der Waals surface area (Å²) < 4.78 is 0. The molecule has 2 rings (SSSR count). The maximum atomic E-state index is 11.3. The van der Waals surface area contributed by atoms with Gasteiger partial charge in [0, 0.05) is 17.4 Å². The van der Waals surface area contributed by atoms with Crippen molar-refractivity contribution in [2.75, 3.05) is 0 Å². The number of rotatable bonds is 4. The van der Waals surface area contributed by atoms with Crippen LogP contribution in [0.3, 0.4) is 0 Å². The van der Waals surface area contributed by atoms with Crippen LogP contribution in [0.15, 0.2) is 29.6 Å². The van der Waals surface area contributed by atoms with Crippen LogP contribution >= 0.6 is 11.3 Å². The van der Waals surface area contributed by atoms with Crippen LogP contribution in [0.4, 0.5) is 0 Å². The fourth-order valence-electron chi connectivity index (χ4n) is 1.62. The summed E-state index contributed by atoms with van der Waals surface area (Å²) in [5.74, 6) is 0.246. The van der Waals surface area contributed by atoms with Crippen LogP contribution in [-0.4, -0.2) is 10.8 Å². The Labute approximate surface area is 105 Å². The molecule has 0 spiro atoms. The number of thiazole rings is 1. The van der Waals surface area contributed by atoms with Gasteiger partial charge in [0.1, 0.15) is 10.8 Å². The minimum atomic E-state index is 0.246. The molecule has 2 nitrogen and oxygen atoms in total. The zero-order valence-corrected chi connectivity index (χ0v) is 10.9. The highest BCUT2D eigenvalue weighted by Gasteiger charge is 2.07. The number of nitrogens with zero attached hydrogens (tertiary/aromatic N) is 1. The smallest absolute Gasteiger partial charge is 0.139 e. The molecule has 0 aliphatic heterocycles.